The number of hydrogen-bond acceptors (Lipinski definition) is 3. The van der Waals surface area contributed by atoms with E-state index in [1.807, 2.05) is 13.8 Å². The third kappa shape index (κ3) is 2.77. The summed E-state index contributed by atoms with van der Waals surface area (Å²) in [7, 11) is 0. The zero-order valence-corrected chi connectivity index (χ0v) is 13.0. The number of ether oxygens (including phenoxy) is 1. The standard InChI is InChI=1S/C15H23ClN2O/c1-5-19-15(8-6-7-9-15)14-17-11(4)12(10(2)3)13(16)18-14/h10H,5-9H2,1-4H3. The lowest BCUT2D eigenvalue weighted by atomic mass is 9.99. The van der Waals surface area contributed by atoms with Crippen LogP contribution < -0.4 is 0 Å². The van der Waals surface area contributed by atoms with E-state index in [0.29, 0.717) is 17.7 Å². The molecule has 2 rings (SSSR count). The van der Waals surface area contributed by atoms with Crippen LogP contribution >= 0.6 is 11.6 Å². The Morgan fingerprint density at radius 1 is 1.26 bits per heavy atom. The van der Waals surface area contributed by atoms with Crippen LogP contribution in [0.25, 0.3) is 0 Å². The first-order chi connectivity index (χ1) is 9.00. The van der Waals surface area contributed by atoms with E-state index in [1.165, 1.54) is 12.8 Å². The smallest absolute Gasteiger partial charge is 0.162 e. The van der Waals surface area contributed by atoms with Gasteiger partial charge in [-0.05, 0) is 45.4 Å². The fraction of sp³-hybridized carbons (Fsp3) is 0.733. The highest BCUT2D eigenvalue weighted by atomic mass is 35.5. The molecule has 1 fully saturated rings. The van der Waals surface area contributed by atoms with E-state index in [-0.39, 0.29) is 5.60 Å². The van der Waals surface area contributed by atoms with Crippen LogP contribution in [0.4, 0.5) is 0 Å². The molecule has 1 aromatic rings. The Bertz CT molecular complexity index is 430. The van der Waals surface area contributed by atoms with Crippen molar-refractivity contribution in [2.24, 2.45) is 0 Å². The van der Waals surface area contributed by atoms with Gasteiger partial charge in [-0.2, -0.15) is 0 Å². The zero-order chi connectivity index (χ0) is 14.0. The third-order valence-electron chi connectivity index (χ3n) is 3.91. The van der Waals surface area contributed by atoms with Gasteiger partial charge in [0.15, 0.2) is 5.82 Å². The van der Waals surface area contributed by atoms with Crippen molar-refractivity contribution < 1.29 is 4.74 Å². The second kappa shape index (κ2) is 5.76. The second-order valence-corrected chi connectivity index (χ2v) is 5.98. The van der Waals surface area contributed by atoms with Gasteiger partial charge >= 0.3 is 0 Å². The van der Waals surface area contributed by atoms with E-state index < -0.39 is 0 Å². The van der Waals surface area contributed by atoms with Crippen molar-refractivity contribution in [1.29, 1.82) is 0 Å². The van der Waals surface area contributed by atoms with Gasteiger partial charge < -0.3 is 4.74 Å². The summed E-state index contributed by atoms with van der Waals surface area (Å²) in [4.78, 5) is 9.26. The summed E-state index contributed by atoms with van der Waals surface area (Å²) in [6.07, 6.45) is 4.34. The maximum absolute atomic E-state index is 6.36. The average Bonchev–Trinajstić information content (AvgIpc) is 2.77. The molecule has 0 atom stereocenters. The Labute approximate surface area is 120 Å². The highest BCUT2D eigenvalue weighted by Gasteiger charge is 2.39. The van der Waals surface area contributed by atoms with E-state index in [4.69, 9.17) is 21.3 Å². The molecule has 0 aliphatic heterocycles. The summed E-state index contributed by atoms with van der Waals surface area (Å²) < 4.78 is 6.00. The molecule has 0 spiro atoms. The fourth-order valence-corrected chi connectivity index (χ4v) is 3.50. The molecule has 1 heterocycles. The van der Waals surface area contributed by atoms with Crippen LogP contribution in [-0.2, 0) is 10.3 Å². The van der Waals surface area contributed by atoms with Gasteiger partial charge in [0.05, 0.1) is 0 Å². The molecule has 1 aliphatic rings. The van der Waals surface area contributed by atoms with Gasteiger partial charge in [0.1, 0.15) is 10.8 Å². The first-order valence-corrected chi connectivity index (χ1v) is 7.56. The number of aromatic nitrogens is 2. The first kappa shape index (κ1) is 14.7. The van der Waals surface area contributed by atoms with E-state index in [9.17, 15) is 0 Å². The summed E-state index contributed by atoms with van der Waals surface area (Å²) in [5, 5.41) is 0.587. The van der Waals surface area contributed by atoms with Crippen LogP contribution in [0.2, 0.25) is 5.15 Å². The van der Waals surface area contributed by atoms with Crippen LogP contribution in [0, 0.1) is 6.92 Å². The highest BCUT2D eigenvalue weighted by Crippen LogP contribution is 2.41. The Kier molecular flexibility index (Phi) is 4.46. The molecule has 0 radical (unpaired) electrons. The fourth-order valence-electron chi connectivity index (χ4n) is 3.06. The summed E-state index contributed by atoms with van der Waals surface area (Å²) in [5.74, 6) is 1.12. The van der Waals surface area contributed by atoms with Crippen molar-refractivity contribution in [3.8, 4) is 0 Å². The average molecular weight is 283 g/mol. The van der Waals surface area contributed by atoms with Gasteiger partial charge in [-0.1, -0.05) is 25.4 Å². The molecular weight excluding hydrogens is 260 g/mol. The quantitative estimate of drug-likeness (QED) is 0.769. The summed E-state index contributed by atoms with van der Waals surface area (Å²) in [5.41, 5.74) is 1.73. The Balaban J connectivity index is 2.45. The van der Waals surface area contributed by atoms with E-state index in [1.54, 1.807) is 0 Å². The number of nitrogens with zero attached hydrogens (tertiary/aromatic N) is 2. The molecular formula is C15H23ClN2O. The Morgan fingerprint density at radius 3 is 2.37 bits per heavy atom. The van der Waals surface area contributed by atoms with Crippen molar-refractivity contribution in [1.82, 2.24) is 9.97 Å². The number of rotatable bonds is 4. The molecule has 0 saturated heterocycles. The molecule has 1 saturated carbocycles. The minimum absolute atomic E-state index is 0.307. The molecule has 0 unspecified atom stereocenters. The van der Waals surface area contributed by atoms with Gasteiger partial charge in [-0.3, -0.25) is 0 Å². The molecule has 0 bridgehead atoms. The third-order valence-corrected chi connectivity index (χ3v) is 4.19. The van der Waals surface area contributed by atoms with Crippen LogP contribution in [-0.4, -0.2) is 16.6 Å². The van der Waals surface area contributed by atoms with Gasteiger partial charge in [-0.15, -0.1) is 0 Å². The van der Waals surface area contributed by atoms with Gasteiger partial charge in [0.25, 0.3) is 0 Å². The van der Waals surface area contributed by atoms with Crippen LogP contribution in [0.5, 0.6) is 0 Å². The molecule has 0 amide bonds. The molecule has 19 heavy (non-hydrogen) atoms. The van der Waals surface area contributed by atoms with Crippen LogP contribution in [0.15, 0.2) is 0 Å². The number of aryl methyl sites for hydroxylation is 1. The predicted molar refractivity (Wildman–Crippen MR) is 77.6 cm³/mol. The van der Waals surface area contributed by atoms with Crippen molar-refractivity contribution in [3.05, 3.63) is 22.2 Å². The number of halogens is 1. The van der Waals surface area contributed by atoms with E-state index in [2.05, 4.69) is 18.8 Å². The van der Waals surface area contributed by atoms with Gasteiger partial charge in [0, 0.05) is 17.9 Å². The molecule has 0 aromatic carbocycles. The maximum atomic E-state index is 6.36. The topological polar surface area (TPSA) is 35.0 Å². The molecule has 106 valence electrons. The largest absolute Gasteiger partial charge is 0.367 e. The first-order valence-electron chi connectivity index (χ1n) is 7.18. The minimum atomic E-state index is -0.307. The van der Waals surface area contributed by atoms with Crippen LogP contribution in [0.3, 0.4) is 0 Å². The lowest BCUT2D eigenvalue weighted by Gasteiger charge is -2.28. The van der Waals surface area contributed by atoms with Crippen molar-refractivity contribution in [2.45, 2.75) is 64.9 Å². The highest BCUT2D eigenvalue weighted by molar-refractivity contribution is 6.30. The monoisotopic (exact) mass is 282 g/mol. The SMILES string of the molecule is CCOC1(c2nc(C)c(C(C)C)c(Cl)n2)CCCC1. The van der Waals surface area contributed by atoms with E-state index in [0.717, 1.165) is 29.9 Å². The number of hydrogen-bond donors (Lipinski definition) is 0. The normalized spacial score (nSPS) is 18.2. The molecule has 4 heteroatoms. The molecule has 1 aliphatic carbocycles. The summed E-state index contributed by atoms with van der Waals surface area (Å²) in [6.45, 7) is 8.96. The predicted octanol–water partition coefficient (Wildman–Crippen LogP) is 4.37. The second-order valence-electron chi connectivity index (χ2n) is 5.63. The van der Waals surface area contributed by atoms with Gasteiger partial charge in [-0.25, -0.2) is 9.97 Å². The Morgan fingerprint density at radius 2 is 1.89 bits per heavy atom. The van der Waals surface area contributed by atoms with Crippen molar-refractivity contribution in [3.63, 3.8) is 0 Å². The van der Waals surface area contributed by atoms with E-state index >= 15 is 0 Å². The zero-order valence-electron chi connectivity index (χ0n) is 12.3. The lowest BCUT2D eigenvalue weighted by molar-refractivity contribution is -0.0458. The van der Waals surface area contributed by atoms with Gasteiger partial charge in [0.2, 0.25) is 0 Å². The Hall–Kier alpha value is -0.670. The lowest BCUT2D eigenvalue weighted by Crippen LogP contribution is -2.29. The molecule has 0 N–H and O–H groups in total. The van der Waals surface area contributed by atoms with Crippen molar-refractivity contribution in [2.75, 3.05) is 6.61 Å². The minimum Gasteiger partial charge on any atom is -0.367 e. The summed E-state index contributed by atoms with van der Waals surface area (Å²) in [6, 6.07) is 0. The maximum Gasteiger partial charge on any atom is 0.162 e. The van der Waals surface area contributed by atoms with Crippen LogP contribution in [0.1, 0.15) is 69.5 Å². The summed E-state index contributed by atoms with van der Waals surface area (Å²) >= 11 is 6.36. The van der Waals surface area contributed by atoms with Crippen molar-refractivity contribution >= 4 is 11.6 Å². The molecule has 1 aromatic heterocycles. The molecule has 3 nitrogen and oxygen atoms in total.